The van der Waals surface area contributed by atoms with Gasteiger partial charge in [0.1, 0.15) is 11.5 Å². The Balaban J connectivity index is 2.61. The molecule has 84 valence electrons. The van der Waals surface area contributed by atoms with Gasteiger partial charge in [-0.25, -0.2) is 4.57 Å². The highest BCUT2D eigenvalue weighted by atomic mass is 31.2. The molecule has 0 saturated heterocycles. The second-order valence-electron chi connectivity index (χ2n) is 3.24. The van der Waals surface area contributed by atoms with Gasteiger partial charge in [-0.05, 0) is 23.6 Å². The van der Waals surface area contributed by atoms with Crippen molar-refractivity contribution in [1.82, 2.24) is 0 Å². The standard InChI is InChI=1S/C10H9O5P/c11-8-5-4-7-2-1-3-10(9(7)6-8)15-16(12,13)14/h1-6,11H,(H2,12,13,14). The fourth-order valence-corrected chi connectivity index (χ4v) is 1.86. The van der Waals surface area contributed by atoms with E-state index in [1.165, 1.54) is 18.2 Å². The number of hydrogen-bond donors (Lipinski definition) is 3. The Bertz CT molecular complexity index is 574. The molecule has 0 heterocycles. The maximum atomic E-state index is 10.7. The molecule has 0 amide bonds. The molecule has 0 radical (unpaired) electrons. The van der Waals surface area contributed by atoms with Gasteiger partial charge in [0.25, 0.3) is 0 Å². The van der Waals surface area contributed by atoms with Gasteiger partial charge in [-0.1, -0.05) is 18.2 Å². The number of phosphoric ester groups is 1. The topological polar surface area (TPSA) is 87.0 Å². The van der Waals surface area contributed by atoms with Crippen molar-refractivity contribution in [1.29, 1.82) is 0 Å². The van der Waals surface area contributed by atoms with E-state index in [1.807, 2.05) is 0 Å². The lowest BCUT2D eigenvalue weighted by molar-refractivity contribution is 0.284. The fourth-order valence-electron chi connectivity index (χ4n) is 1.44. The van der Waals surface area contributed by atoms with Crippen molar-refractivity contribution in [3.63, 3.8) is 0 Å². The van der Waals surface area contributed by atoms with Gasteiger partial charge in [-0.3, -0.25) is 9.79 Å². The summed E-state index contributed by atoms with van der Waals surface area (Å²) in [6.07, 6.45) is 0. The molecule has 16 heavy (non-hydrogen) atoms. The van der Waals surface area contributed by atoms with Crippen molar-refractivity contribution < 1.29 is 24.0 Å². The molecule has 0 spiro atoms. The first-order valence-electron chi connectivity index (χ1n) is 4.42. The molecular formula is C10H9O5P. The maximum absolute atomic E-state index is 10.7. The minimum absolute atomic E-state index is 0.00858. The summed E-state index contributed by atoms with van der Waals surface area (Å²) in [5.41, 5.74) is 0. The van der Waals surface area contributed by atoms with Crippen LogP contribution in [0.3, 0.4) is 0 Å². The van der Waals surface area contributed by atoms with Crippen molar-refractivity contribution in [3.8, 4) is 11.5 Å². The largest absolute Gasteiger partial charge is 0.524 e. The van der Waals surface area contributed by atoms with Crippen molar-refractivity contribution in [2.24, 2.45) is 0 Å². The van der Waals surface area contributed by atoms with Crippen LogP contribution in [0.25, 0.3) is 10.8 Å². The third kappa shape index (κ3) is 2.33. The first-order chi connectivity index (χ1) is 7.46. The molecular weight excluding hydrogens is 231 g/mol. The molecule has 0 saturated carbocycles. The lowest BCUT2D eigenvalue weighted by Gasteiger charge is -2.09. The Morgan fingerprint density at radius 2 is 1.88 bits per heavy atom. The predicted molar refractivity (Wildman–Crippen MR) is 58.3 cm³/mol. The Hall–Kier alpha value is -1.55. The molecule has 0 fully saturated rings. The van der Waals surface area contributed by atoms with E-state index in [0.29, 0.717) is 5.39 Å². The van der Waals surface area contributed by atoms with E-state index in [9.17, 15) is 9.67 Å². The highest BCUT2D eigenvalue weighted by molar-refractivity contribution is 7.46. The Morgan fingerprint density at radius 3 is 2.56 bits per heavy atom. The van der Waals surface area contributed by atoms with Gasteiger partial charge in [0.2, 0.25) is 0 Å². The lowest BCUT2D eigenvalue weighted by Crippen LogP contribution is -1.90. The summed E-state index contributed by atoms with van der Waals surface area (Å²) < 4.78 is 15.3. The number of phosphoric acid groups is 1. The van der Waals surface area contributed by atoms with E-state index in [2.05, 4.69) is 4.52 Å². The van der Waals surface area contributed by atoms with Crippen LogP contribution in [-0.4, -0.2) is 14.9 Å². The zero-order valence-corrected chi connectivity index (χ0v) is 8.96. The maximum Gasteiger partial charge on any atom is 0.524 e. The molecule has 0 aliphatic rings. The number of fused-ring (bicyclic) bond motifs is 1. The molecule has 5 nitrogen and oxygen atoms in total. The molecule has 3 N–H and O–H groups in total. The number of phenolic OH excluding ortho intramolecular Hbond substituents is 1. The SMILES string of the molecule is O=P(O)(O)Oc1cccc2ccc(O)cc12. The smallest absolute Gasteiger partial charge is 0.508 e. The monoisotopic (exact) mass is 240 g/mol. The predicted octanol–water partition coefficient (Wildman–Crippen LogP) is 2.02. The van der Waals surface area contributed by atoms with E-state index in [4.69, 9.17) is 9.79 Å². The van der Waals surface area contributed by atoms with Gasteiger partial charge in [0.05, 0.1) is 0 Å². The Kier molecular flexibility index (Phi) is 2.59. The summed E-state index contributed by atoms with van der Waals surface area (Å²) in [5.74, 6) is 0.0518. The average Bonchev–Trinajstić information content (AvgIpc) is 2.17. The fraction of sp³-hybridized carbons (Fsp3) is 0. The third-order valence-electron chi connectivity index (χ3n) is 2.04. The summed E-state index contributed by atoms with van der Waals surface area (Å²) >= 11 is 0. The summed E-state index contributed by atoms with van der Waals surface area (Å²) in [5, 5.41) is 10.5. The Morgan fingerprint density at radius 1 is 1.12 bits per heavy atom. The first kappa shape index (κ1) is 11.0. The van der Waals surface area contributed by atoms with Gasteiger partial charge in [0.15, 0.2) is 0 Å². The molecule has 0 aliphatic carbocycles. The van der Waals surface area contributed by atoms with Gasteiger partial charge in [0, 0.05) is 5.39 Å². The normalized spacial score (nSPS) is 11.6. The summed E-state index contributed by atoms with van der Waals surface area (Å²) in [6, 6.07) is 9.31. The highest BCUT2D eigenvalue weighted by Crippen LogP contribution is 2.41. The van der Waals surface area contributed by atoms with Crippen LogP contribution in [0.5, 0.6) is 11.5 Å². The molecule has 2 rings (SSSR count). The lowest BCUT2D eigenvalue weighted by atomic mass is 10.1. The van der Waals surface area contributed by atoms with Gasteiger partial charge >= 0.3 is 7.82 Å². The van der Waals surface area contributed by atoms with E-state index < -0.39 is 7.82 Å². The quantitative estimate of drug-likeness (QED) is 0.699. The van der Waals surface area contributed by atoms with E-state index >= 15 is 0 Å². The van der Waals surface area contributed by atoms with Crippen molar-refractivity contribution in [3.05, 3.63) is 36.4 Å². The van der Waals surface area contributed by atoms with Crippen LogP contribution in [-0.2, 0) is 4.57 Å². The van der Waals surface area contributed by atoms with Gasteiger partial charge < -0.3 is 9.63 Å². The molecule has 6 heteroatoms. The Labute approximate surface area is 91.2 Å². The highest BCUT2D eigenvalue weighted by Gasteiger charge is 2.17. The van der Waals surface area contributed by atoms with Crippen LogP contribution in [0.2, 0.25) is 0 Å². The molecule has 0 bridgehead atoms. The summed E-state index contributed by atoms with van der Waals surface area (Å²) in [7, 11) is -4.59. The second-order valence-corrected chi connectivity index (χ2v) is 4.41. The average molecular weight is 240 g/mol. The van der Waals surface area contributed by atoms with Crippen LogP contribution in [0.4, 0.5) is 0 Å². The number of benzene rings is 2. The second kappa shape index (κ2) is 3.79. The van der Waals surface area contributed by atoms with Crippen molar-refractivity contribution in [2.75, 3.05) is 0 Å². The molecule has 0 unspecified atom stereocenters. The minimum atomic E-state index is -4.59. The number of rotatable bonds is 2. The van der Waals surface area contributed by atoms with Crippen molar-refractivity contribution in [2.45, 2.75) is 0 Å². The van der Waals surface area contributed by atoms with Crippen LogP contribution >= 0.6 is 7.82 Å². The number of phenols is 1. The van der Waals surface area contributed by atoms with Crippen molar-refractivity contribution >= 4 is 18.6 Å². The summed E-state index contributed by atoms with van der Waals surface area (Å²) in [4.78, 5) is 17.5. The summed E-state index contributed by atoms with van der Waals surface area (Å²) in [6.45, 7) is 0. The van der Waals surface area contributed by atoms with Gasteiger partial charge in [-0.15, -0.1) is 0 Å². The third-order valence-corrected chi connectivity index (χ3v) is 2.48. The van der Waals surface area contributed by atoms with Crippen LogP contribution in [0.15, 0.2) is 36.4 Å². The molecule has 0 atom stereocenters. The molecule has 2 aromatic rings. The zero-order valence-electron chi connectivity index (χ0n) is 8.07. The van der Waals surface area contributed by atoms with E-state index in [1.54, 1.807) is 18.2 Å². The molecule has 2 aromatic carbocycles. The van der Waals surface area contributed by atoms with Gasteiger partial charge in [-0.2, -0.15) is 0 Å². The number of aromatic hydroxyl groups is 1. The molecule has 0 aliphatic heterocycles. The van der Waals surface area contributed by atoms with Crippen LogP contribution < -0.4 is 4.52 Å². The van der Waals surface area contributed by atoms with E-state index in [0.717, 1.165) is 5.39 Å². The zero-order chi connectivity index (χ0) is 11.8. The van der Waals surface area contributed by atoms with Crippen LogP contribution in [0, 0.1) is 0 Å². The minimum Gasteiger partial charge on any atom is -0.508 e. The van der Waals surface area contributed by atoms with Crippen LogP contribution in [0.1, 0.15) is 0 Å². The first-order valence-corrected chi connectivity index (χ1v) is 5.96. The molecule has 0 aromatic heterocycles. The number of hydrogen-bond acceptors (Lipinski definition) is 3. The van der Waals surface area contributed by atoms with E-state index in [-0.39, 0.29) is 11.5 Å².